The van der Waals surface area contributed by atoms with Gasteiger partial charge in [-0.2, -0.15) is 0 Å². The van der Waals surface area contributed by atoms with E-state index in [1.807, 2.05) is 31.2 Å². The Morgan fingerprint density at radius 1 is 1.39 bits per heavy atom. The Kier molecular flexibility index (Phi) is 5.65. The van der Waals surface area contributed by atoms with Gasteiger partial charge in [-0.15, -0.1) is 0 Å². The van der Waals surface area contributed by atoms with Crippen molar-refractivity contribution in [3.05, 3.63) is 29.8 Å². The number of aryl methyl sites for hydroxylation is 1. The molecule has 0 saturated carbocycles. The van der Waals surface area contributed by atoms with Gasteiger partial charge in [-0.05, 0) is 37.0 Å². The van der Waals surface area contributed by atoms with Crippen molar-refractivity contribution in [2.75, 3.05) is 11.9 Å². The highest BCUT2D eigenvalue weighted by Crippen LogP contribution is 2.09. The maximum atomic E-state index is 11.6. The summed E-state index contributed by atoms with van der Waals surface area (Å²) in [6.45, 7) is 6.72. The van der Waals surface area contributed by atoms with Crippen molar-refractivity contribution < 1.29 is 4.79 Å². The quantitative estimate of drug-likeness (QED) is 0.750. The van der Waals surface area contributed by atoms with E-state index in [0.717, 1.165) is 17.7 Å². The Hall–Kier alpha value is -1.55. The average Bonchev–Trinajstić information content (AvgIpc) is 2.25. The van der Waals surface area contributed by atoms with Crippen molar-refractivity contribution in [2.45, 2.75) is 33.2 Å². The molecule has 4 N–H and O–H groups in total. The first-order chi connectivity index (χ1) is 8.47. The Labute approximate surface area is 109 Å². The van der Waals surface area contributed by atoms with E-state index < -0.39 is 0 Å². The maximum absolute atomic E-state index is 11.6. The zero-order valence-electron chi connectivity index (χ0n) is 11.4. The third-order valence-electron chi connectivity index (χ3n) is 2.57. The summed E-state index contributed by atoms with van der Waals surface area (Å²) in [6.07, 6.45) is 0.907. The fourth-order valence-electron chi connectivity index (χ4n) is 1.81. The molecule has 2 amide bonds. The fourth-order valence-corrected chi connectivity index (χ4v) is 1.81. The van der Waals surface area contributed by atoms with Crippen LogP contribution in [0.25, 0.3) is 0 Å². The monoisotopic (exact) mass is 249 g/mol. The van der Waals surface area contributed by atoms with Gasteiger partial charge >= 0.3 is 6.03 Å². The van der Waals surface area contributed by atoms with Crippen LogP contribution in [-0.4, -0.2) is 18.6 Å². The minimum Gasteiger partial charge on any atom is -0.336 e. The molecule has 1 atom stereocenters. The lowest BCUT2D eigenvalue weighted by molar-refractivity contribution is 0.251. The second-order valence-electron chi connectivity index (χ2n) is 5.09. The molecule has 1 aromatic rings. The molecule has 1 aromatic carbocycles. The topological polar surface area (TPSA) is 67.2 Å². The SMILES string of the molecule is Cc1cccc(NC(=O)NCC(N)CC(C)C)c1. The number of hydrogen-bond donors (Lipinski definition) is 3. The number of amides is 2. The third-order valence-corrected chi connectivity index (χ3v) is 2.57. The molecule has 0 heterocycles. The van der Waals surface area contributed by atoms with Gasteiger partial charge in [0.2, 0.25) is 0 Å². The first kappa shape index (κ1) is 14.5. The molecule has 1 unspecified atom stereocenters. The molecule has 0 aliphatic rings. The van der Waals surface area contributed by atoms with Crippen LogP contribution in [0.15, 0.2) is 24.3 Å². The van der Waals surface area contributed by atoms with Gasteiger partial charge in [-0.25, -0.2) is 4.79 Å². The number of nitrogens with one attached hydrogen (secondary N) is 2. The summed E-state index contributed by atoms with van der Waals surface area (Å²) in [4.78, 5) is 11.6. The van der Waals surface area contributed by atoms with Crippen LogP contribution in [0.5, 0.6) is 0 Å². The zero-order chi connectivity index (χ0) is 13.5. The van der Waals surface area contributed by atoms with E-state index in [4.69, 9.17) is 5.73 Å². The molecule has 0 aliphatic carbocycles. The number of carbonyl (C=O) groups is 1. The zero-order valence-corrected chi connectivity index (χ0v) is 11.4. The van der Waals surface area contributed by atoms with Crippen molar-refractivity contribution in [1.29, 1.82) is 0 Å². The molecule has 1 rings (SSSR count). The van der Waals surface area contributed by atoms with Crippen LogP contribution in [0.3, 0.4) is 0 Å². The van der Waals surface area contributed by atoms with E-state index in [1.165, 1.54) is 0 Å². The van der Waals surface area contributed by atoms with Gasteiger partial charge in [0.25, 0.3) is 0 Å². The molecule has 0 saturated heterocycles. The lowest BCUT2D eigenvalue weighted by Gasteiger charge is -2.15. The molecular formula is C14H23N3O. The standard InChI is InChI=1S/C14H23N3O/c1-10(2)7-12(15)9-16-14(18)17-13-6-4-5-11(3)8-13/h4-6,8,10,12H,7,9,15H2,1-3H3,(H2,16,17,18). The lowest BCUT2D eigenvalue weighted by Crippen LogP contribution is -2.39. The first-order valence-corrected chi connectivity index (χ1v) is 6.34. The van der Waals surface area contributed by atoms with Gasteiger partial charge in [0.1, 0.15) is 0 Å². The molecule has 0 fully saturated rings. The van der Waals surface area contributed by atoms with Crippen molar-refractivity contribution in [2.24, 2.45) is 11.7 Å². The Bertz CT molecular complexity index is 390. The number of nitrogens with two attached hydrogens (primary N) is 1. The van der Waals surface area contributed by atoms with E-state index in [9.17, 15) is 4.79 Å². The Morgan fingerprint density at radius 2 is 2.11 bits per heavy atom. The molecule has 0 radical (unpaired) electrons. The van der Waals surface area contributed by atoms with Gasteiger partial charge in [0, 0.05) is 18.3 Å². The van der Waals surface area contributed by atoms with Gasteiger partial charge in [0.15, 0.2) is 0 Å². The Morgan fingerprint density at radius 3 is 2.72 bits per heavy atom. The summed E-state index contributed by atoms with van der Waals surface area (Å²) in [5, 5.41) is 5.57. The summed E-state index contributed by atoms with van der Waals surface area (Å²) >= 11 is 0. The van der Waals surface area contributed by atoms with Crippen LogP contribution in [0.2, 0.25) is 0 Å². The molecule has 18 heavy (non-hydrogen) atoms. The van der Waals surface area contributed by atoms with Gasteiger partial charge in [-0.3, -0.25) is 0 Å². The number of rotatable bonds is 5. The highest BCUT2D eigenvalue weighted by molar-refractivity contribution is 5.89. The highest BCUT2D eigenvalue weighted by Gasteiger charge is 2.07. The second kappa shape index (κ2) is 7.01. The molecule has 0 aromatic heterocycles. The fraction of sp³-hybridized carbons (Fsp3) is 0.500. The molecule has 0 bridgehead atoms. The van der Waals surface area contributed by atoms with Crippen molar-refractivity contribution in [1.82, 2.24) is 5.32 Å². The summed E-state index contributed by atoms with van der Waals surface area (Å²) in [5.74, 6) is 0.543. The maximum Gasteiger partial charge on any atom is 0.319 e. The van der Waals surface area contributed by atoms with E-state index >= 15 is 0 Å². The van der Waals surface area contributed by atoms with Crippen LogP contribution in [-0.2, 0) is 0 Å². The van der Waals surface area contributed by atoms with Crippen LogP contribution in [0.1, 0.15) is 25.8 Å². The molecule has 0 aliphatic heterocycles. The summed E-state index contributed by atoms with van der Waals surface area (Å²) in [6, 6.07) is 7.48. The van der Waals surface area contributed by atoms with Gasteiger partial charge in [-0.1, -0.05) is 26.0 Å². The summed E-state index contributed by atoms with van der Waals surface area (Å²) in [7, 11) is 0. The number of urea groups is 1. The van der Waals surface area contributed by atoms with Crippen LogP contribution in [0, 0.1) is 12.8 Å². The largest absolute Gasteiger partial charge is 0.336 e. The number of hydrogen-bond acceptors (Lipinski definition) is 2. The van der Waals surface area contributed by atoms with E-state index in [-0.39, 0.29) is 12.1 Å². The van der Waals surface area contributed by atoms with Crippen LogP contribution < -0.4 is 16.4 Å². The van der Waals surface area contributed by atoms with Gasteiger partial charge in [0.05, 0.1) is 0 Å². The van der Waals surface area contributed by atoms with Crippen LogP contribution in [0.4, 0.5) is 10.5 Å². The minimum absolute atomic E-state index is 0.00765. The number of carbonyl (C=O) groups excluding carboxylic acids is 1. The van der Waals surface area contributed by atoms with E-state index in [0.29, 0.717) is 12.5 Å². The molecule has 4 heteroatoms. The first-order valence-electron chi connectivity index (χ1n) is 6.34. The average molecular weight is 249 g/mol. The highest BCUT2D eigenvalue weighted by atomic mass is 16.2. The smallest absolute Gasteiger partial charge is 0.319 e. The molecule has 4 nitrogen and oxygen atoms in total. The van der Waals surface area contributed by atoms with E-state index in [1.54, 1.807) is 0 Å². The van der Waals surface area contributed by atoms with E-state index in [2.05, 4.69) is 24.5 Å². The predicted octanol–water partition coefficient (Wildman–Crippen LogP) is 2.49. The molecular weight excluding hydrogens is 226 g/mol. The minimum atomic E-state index is -0.209. The van der Waals surface area contributed by atoms with Crippen molar-refractivity contribution in [3.8, 4) is 0 Å². The number of anilines is 1. The molecule has 0 spiro atoms. The van der Waals surface area contributed by atoms with Gasteiger partial charge < -0.3 is 16.4 Å². The Balaban J connectivity index is 2.34. The van der Waals surface area contributed by atoms with Crippen molar-refractivity contribution in [3.63, 3.8) is 0 Å². The summed E-state index contributed by atoms with van der Waals surface area (Å²) in [5.41, 5.74) is 7.81. The third kappa shape index (κ3) is 5.68. The van der Waals surface area contributed by atoms with Crippen LogP contribution >= 0.6 is 0 Å². The summed E-state index contributed by atoms with van der Waals surface area (Å²) < 4.78 is 0. The lowest BCUT2D eigenvalue weighted by atomic mass is 10.0. The number of benzene rings is 1. The predicted molar refractivity (Wildman–Crippen MR) is 75.6 cm³/mol. The normalized spacial score (nSPS) is 12.3. The molecule has 100 valence electrons. The van der Waals surface area contributed by atoms with Crippen molar-refractivity contribution >= 4 is 11.7 Å². The second-order valence-corrected chi connectivity index (χ2v) is 5.09.